The maximum absolute atomic E-state index is 14.1. The zero-order valence-electron chi connectivity index (χ0n) is 14.8. The summed E-state index contributed by atoms with van der Waals surface area (Å²) in [5, 5.41) is 5.80. The molecule has 7 nitrogen and oxygen atoms in total. The second-order valence-electron chi connectivity index (χ2n) is 5.68. The van der Waals surface area contributed by atoms with Crippen LogP contribution in [0.25, 0.3) is 0 Å². The molecule has 0 aliphatic carbocycles. The number of anilines is 3. The first-order valence-electron chi connectivity index (χ1n) is 8.15. The average molecular weight is 397 g/mol. The highest BCUT2D eigenvalue weighted by molar-refractivity contribution is 7.14. The van der Waals surface area contributed by atoms with E-state index in [9.17, 15) is 14.0 Å². The third-order valence-corrected chi connectivity index (χ3v) is 4.49. The molecule has 0 atom stereocenters. The number of hydrogen-bond donors (Lipinski definition) is 2. The number of nitrogen functional groups attached to an aromatic ring is 1. The second-order valence-corrected chi connectivity index (χ2v) is 6.52. The van der Waals surface area contributed by atoms with Gasteiger partial charge in [0.05, 0.1) is 17.6 Å². The van der Waals surface area contributed by atoms with Crippen molar-refractivity contribution in [3.8, 4) is 0 Å². The average Bonchev–Trinajstić information content (AvgIpc) is 3.12. The van der Waals surface area contributed by atoms with Crippen LogP contribution in [0.15, 0.2) is 59.0 Å². The molecule has 3 N–H and O–H groups in total. The van der Waals surface area contributed by atoms with Gasteiger partial charge in [0.25, 0.3) is 5.91 Å². The van der Waals surface area contributed by atoms with Gasteiger partial charge in [-0.3, -0.25) is 14.5 Å². The number of para-hydroxylation sites is 1. The smallest absolute Gasteiger partial charge is 0.271 e. The number of nitrogens with one attached hydrogen (secondary N) is 1. The molecular weight excluding hydrogens is 381 g/mol. The highest BCUT2D eigenvalue weighted by Gasteiger charge is 2.20. The SMILES string of the molecule is CC(=O)N(c1nc(/C=N\NC(=O)c2ccc(N)cc2)cs1)c1ccccc1F. The Morgan fingerprint density at radius 2 is 1.93 bits per heavy atom. The molecule has 0 fully saturated rings. The molecule has 1 heterocycles. The topological polar surface area (TPSA) is 101 Å². The number of rotatable bonds is 5. The van der Waals surface area contributed by atoms with E-state index in [2.05, 4.69) is 15.5 Å². The Morgan fingerprint density at radius 3 is 2.61 bits per heavy atom. The van der Waals surface area contributed by atoms with Gasteiger partial charge in [-0.05, 0) is 36.4 Å². The quantitative estimate of drug-likeness (QED) is 0.392. The van der Waals surface area contributed by atoms with E-state index in [0.717, 1.165) is 11.3 Å². The molecule has 0 saturated heterocycles. The fraction of sp³-hybridized carbons (Fsp3) is 0.0526. The predicted octanol–water partition coefficient (Wildman–Crippen LogP) is 3.31. The van der Waals surface area contributed by atoms with Crippen LogP contribution >= 0.6 is 11.3 Å². The maximum Gasteiger partial charge on any atom is 0.271 e. The van der Waals surface area contributed by atoms with E-state index >= 15 is 0 Å². The number of amides is 2. The Kier molecular flexibility index (Phi) is 5.75. The number of hydrazone groups is 1. The lowest BCUT2D eigenvalue weighted by Gasteiger charge is -2.18. The van der Waals surface area contributed by atoms with Crippen molar-refractivity contribution < 1.29 is 14.0 Å². The number of hydrogen-bond acceptors (Lipinski definition) is 6. The Labute approximate surface area is 164 Å². The summed E-state index contributed by atoms with van der Waals surface area (Å²) in [5.74, 6) is -1.30. The van der Waals surface area contributed by atoms with Crippen molar-refractivity contribution in [2.45, 2.75) is 6.92 Å². The number of carbonyl (C=O) groups excluding carboxylic acids is 2. The van der Waals surface area contributed by atoms with Gasteiger partial charge in [-0.15, -0.1) is 11.3 Å². The molecule has 28 heavy (non-hydrogen) atoms. The Balaban J connectivity index is 1.73. The maximum atomic E-state index is 14.1. The van der Waals surface area contributed by atoms with Crippen LogP contribution in [0.5, 0.6) is 0 Å². The van der Waals surface area contributed by atoms with Crippen molar-refractivity contribution in [1.82, 2.24) is 10.4 Å². The van der Waals surface area contributed by atoms with Crippen LogP contribution < -0.4 is 16.1 Å². The number of aromatic nitrogens is 1. The molecule has 3 rings (SSSR count). The van der Waals surface area contributed by atoms with Gasteiger partial charge in [-0.2, -0.15) is 5.10 Å². The summed E-state index contributed by atoms with van der Waals surface area (Å²) in [4.78, 5) is 29.5. The summed E-state index contributed by atoms with van der Waals surface area (Å²) in [5.41, 5.74) is 9.46. The van der Waals surface area contributed by atoms with Gasteiger partial charge in [0.2, 0.25) is 5.91 Å². The van der Waals surface area contributed by atoms with E-state index in [0.29, 0.717) is 22.1 Å². The van der Waals surface area contributed by atoms with E-state index in [-0.39, 0.29) is 11.6 Å². The van der Waals surface area contributed by atoms with Gasteiger partial charge >= 0.3 is 0 Å². The molecule has 1 aromatic heterocycles. The van der Waals surface area contributed by atoms with Gasteiger partial charge in [-0.1, -0.05) is 12.1 Å². The largest absolute Gasteiger partial charge is 0.399 e. The van der Waals surface area contributed by atoms with Crippen LogP contribution in [-0.2, 0) is 4.79 Å². The molecule has 142 valence electrons. The second kappa shape index (κ2) is 8.40. The van der Waals surface area contributed by atoms with E-state index < -0.39 is 11.7 Å². The van der Waals surface area contributed by atoms with E-state index in [1.54, 1.807) is 41.8 Å². The third kappa shape index (κ3) is 4.38. The normalized spacial score (nSPS) is 10.8. The number of nitrogens with zero attached hydrogens (tertiary/aromatic N) is 3. The molecule has 3 aromatic rings. The Hall–Kier alpha value is -3.59. The first-order chi connectivity index (χ1) is 13.5. The molecule has 0 saturated carbocycles. The molecule has 2 amide bonds. The number of halogens is 1. The summed E-state index contributed by atoms with van der Waals surface area (Å²) < 4.78 is 14.1. The number of thiazole rings is 1. The molecular formula is C19H16FN5O2S. The zero-order chi connectivity index (χ0) is 20.1. The summed E-state index contributed by atoms with van der Waals surface area (Å²) in [6.45, 7) is 1.33. The highest BCUT2D eigenvalue weighted by Crippen LogP contribution is 2.30. The highest BCUT2D eigenvalue weighted by atomic mass is 32.1. The molecule has 0 radical (unpaired) electrons. The van der Waals surface area contributed by atoms with Crippen molar-refractivity contribution in [2.75, 3.05) is 10.6 Å². The lowest BCUT2D eigenvalue weighted by atomic mass is 10.2. The zero-order valence-corrected chi connectivity index (χ0v) is 15.6. The van der Waals surface area contributed by atoms with Crippen LogP contribution in [0.2, 0.25) is 0 Å². The minimum atomic E-state index is -0.529. The lowest BCUT2D eigenvalue weighted by molar-refractivity contribution is -0.115. The monoisotopic (exact) mass is 397 g/mol. The molecule has 0 unspecified atom stereocenters. The van der Waals surface area contributed by atoms with Crippen molar-refractivity contribution >= 4 is 45.9 Å². The fourth-order valence-electron chi connectivity index (χ4n) is 2.33. The van der Waals surface area contributed by atoms with Crippen LogP contribution in [-0.4, -0.2) is 23.0 Å². The molecule has 0 spiro atoms. The minimum Gasteiger partial charge on any atom is -0.399 e. The van der Waals surface area contributed by atoms with Gasteiger partial charge in [-0.25, -0.2) is 14.8 Å². The van der Waals surface area contributed by atoms with Crippen molar-refractivity contribution in [1.29, 1.82) is 0 Å². The number of benzene rings is 2. The molecule has 9 heteroatoms. The third-order valence-electron chi connectivity index (χ3n) is 3.65. The van der Waals surface area contributed by atoms with E-state index in [1.165, 1.54) is 30.2 Å². The molecule has 2 aromatic carbocycles. The van der Waals surface area contributed by atoms with Crippen LogP contribution in [0.1, 0.15) is 23.0 Å². The van der Waals surface area contributed by atoms with Crippen molar-refractivity contribution in [2.24, 2.45) is 5.10 Å². The van der Waals surface area contributed by atoms with Crippen molar-refractivity contribution in [3.63, 3.8) is 0 Å². The summed E-state index contributed by atoms with van der Waals surface area (Å²) in [6, 6.07) is 12.3. The lowest BCUT2D eigenvalue weighted by Crippen LogP contribution is -2.23. The van der Waals surface area contributed by atoms with E-state index in [4.69, 9.17) is 5.73 Å². The summed E-state index contributed by atoms with van der Waals surface area (Å²) in [7, 11) is 0. The van der Waals surface area contributed by atoms with Crippen LogP contribution in [0, 0.1) is 5.82 Å². The molecule has 0 aliphatic heterocycles. The van der Waals surface area contributed by atoms with Gasteiger partial charge in [0.15, 0.2) is 5.13 Å². The van der Waals surface area contributed by atoms with Crippen LogP contribution in [0.3, 0.4) is 0 Å². The first kappa shape index (κ1) is 19.2. The number of nitrogens with two attached hydrogens (primary N) is 1. The summed E-state index contributed by atoms with van der Waals surface area (Å²) in [6.07, 6.45) is 1.34. The van der Waals surface area contributed by atoms with Gasteiger partial charge in [0, 0.05) is 23.6 Å². The van der Waals surface area contributed by atoms with Gasteiger partial charge < -0.3 is 5.73 Å². The van der Waals surface area contributed by atoms with Crippen LogP contribution in [0.4, 0.5) is 20.9 Å². The summed E-state index contributed by atoms with van der Waals surface area (Å²) >= 11 is 1.16. The first-order valence-corrected chi connectivity index (χ1v) is 9.03. The number of carbonyl (C=O) groups is 2. The Bertz CT molecular complexity index is 1030. The predicted molar refractivity (Wildman–Crippen MR) is 107 cm³/mol. The van der Waals surface area contributed by atoms with Crippen molar-refractivity contribution in [3.05, 3.63) is 71.0 Å². The minimum absolute atomic E-state index is 0.115. The molecule has 0 bridgehead atoms. The van der Waals surface area contributed by atoms with E-state index in [1.807, 2.05) is 0 Å². The Morgan fingerprint density at radius 1 is 1.21 bits per heavy atom. The molecule has 0 aliphatic rings. The fourth-order valence-corrected chi connectivity index (χ4v) is 3.16. The van der Waals surface area contributed by atoms with Gasteiger partial charge in [0.1, 0.15) is 5.82 Å². The standard InChI is InChI=1S/C19H16FN5O2S/c1-12(26)25(17-5-3-2-4-16(17)20)19-23-15(11-28-19)10-22-24-18(27)13-6-8-14(21)9-7-13/h2-11H,21H2,1H3,(H,24,27)/b22-10-.